The molecule has 1 aliphatic heterocycles. The molecule has 0 aliphatic carbocycles. The first kappa shape index (κ1) is 21.2. The van der Waals surface area contributed by atoms with Gasteiger partial charge >= 0.3 is 18.1 Å². The van der Waals surface area contributed by atoms with Gasteiger partial charge in [0.1, 0.15) is 5.92 Å². The summed E-state index contributed by atoms with van der Waals surface area (Å²) >= 11 is 1.07. The first-order valence-corrected chi connectivity index (χ1v) is 9.11. The smallest absolute Gasteiger partial charge is 0.437 e. The lowest BCUT2D eigenvalue weighted by Crippen LogP contribution is -2.67. The Morgan fingerprint density at radius 2 is 1.93 bits per heavy atom. The number of aliphatic hydroxyl groups is 1. The van der Waals surface area contributed by atoms with Crippen molar-refractivity contribution in [3.05, 3.63) is 33.7 Å². The largest absolute Gasteiger partial charge is 0.466 e. The van der Waals surface area contributed by atoms with E-state index in [1.807, 2.05) is 5.32 Å². The van der Waals surface area contributed by atoms with Crippen LogP contribution in [0.2, 0.25) is 0 Å². The van der Waals surface area contributed by atoms with Gasteiger partial charge in [0.15, 0.2) is 0 Å². The molecule has 2 rings (SSSR count). The van der Waals surface area contributed by atoms with Gasteiger partial charge in [0.25, 0.3) is 0 Å². The molecular formula is C17H20F3NO5S. The molecule has 1 aliphatic rings. The number of ether oxygens (including phenoxy) is 2. The number of carbonyl (C=O) groups excluding carboxylic acids is 2. The molecule has 0 amide bonds. The second kappa shape index (κ2) is 7.89. The number of thiophene rings is 1. The van der Waals surface area contributed by atoms with Gasteiger partial charge in [0.05, 0.1) is 18.8 Å². The molecule has 2 N–H and O–H groups in total. The highest BCUT2D eigenvalue weighted by atomic mass is 32.1. The Hall–Kier alpha value is -2.07. The Morgan fingerprint density at radius 3 is 2.41 bits per heavy atom. The lowest BCUT2D eigenvalue weighted by atomic mass is 9.73. The molecule has 0 bridgehead atoms. The van der Waals surface area contributed by atoms with Crippen molar-refractivity contribution < 1.29 is 37.3 Å². The fraction of sp³-hybridized carbons (Fsp3) is 0.529. The summed E-state index contributed by atoms with van der Waals surface area (Å²) in [4.78, 5) is 25.3. The number of halogens is 3. The average molecular weight is 407 g/mol. The van der Waals surface area contributed by atoms with Crippen LogP contribution >= 0.6 is 11.3 Å². The highest BCUT2D eigenvalue weighted by molar-refractivity contribution is 7.10. The summed E-state index contributed by atoms with van der Waals surface area (Å²) in [6.45, 7) is 4.04. The predicted octanol–water partition coefficient (Wildman–Crippen LogP) is 2.70. The van der Waals surface area contributed by atoms with Gasteiger partial charge in [-0.05, 0) is 32.2 Å². The molecule has 0 fully saturated rings. The molecular weight excluding hydrogens is 387 g/mol. The standard InChI is InChI=1S/C17H20F3NO5S/c1-4-25-14(22)11-9(3)21-16(24,17(18,19)20)13(15(23)26-5-2)12(11)10-7-6-8-27-10/h6-8,12-13,21,24H,4-5H2,1-3H3. The van der Waals surface area contributed by atoms with Crippen molar-refractivity contribution >= 4 is 23.3 Å². The van der Waals surface area contributed by atoms with E-state index in [9.17, 15) is 27.9 Å². The fourth-order valence-electron chi connectivity index (χ4n) is 3.12. The van der Waals surface area contributed by atoms with E-state index >= 15 is 0 Å². The van der Waals surface area contributed by atoms with E-state index in [2.05, 4.69) is 0 Å². The maximum atomic E-state index is 13.8. The Morgan fingerprint density at radius 1 is 1.30 bits per heavy atom. The van der Waals surface area contributed by atoms with Crippen LogP contribution < -0.4 is 5.32 Å². The number of hydrogen-bond acceptors (Lipinski definition) is 7. The van der Waals surface area contributed by atoms with Crippen molar-refractivity contribution in [2.24, 2.45) is 5.92 Å². The van der Waals surface area contributed by atoms with Crippen molar-refractivity contribution in [1.82, 2.24) is 5.32 Å². The predicted molar refractivity (Wildman–Crippen MR) is 90.7 cm³/mol. The van der Waals surface area contributed by atoms with Crippen molar-refractivity contribution in [2.45, 2.75) is 38.6 Å². The van der Waals surface area contributed by atoms with Crippen LogP contribution in [-0.2, 0) is 19.1 Å². The second-order valence-corrected chi connectivity index (χ2v) is 6.85. The van der Waals surface area contributed by atoms with E-state index in [4.69, 9.17) is 9.47 Å². The minimum Gasteiger partial charge on any atom is -0.466 e. The molecule has 0 radical (unpaired) electrons. The first-order valence-electron chi connectivity index (χ1n) is 8.23. The van der Waals surface area contributed by atoms with Crippen molar-refractivity contribution in [1.29, 1.82) is 0 Å². The van der Waals surface area contributed by atoms with Crippen molar-refractivity contribution in [3.8, 4) is 0 Å². The minimum absolute atomic E-state index is 0.000383. The number of allylic oxidation sites excluding steroid dienone is 1. The van der Waals surface area contributed by atoms with Crippen LogP contribution in [0.3, 0.4) is 0 Å². The molecule has 0 spiro atoms. The minimum atomic E-state index is -5.21. The van der Waals surface area contributed by atoms with E-state index in [0.717, 1.165) is 11.3 Å². The summed E-state index contributed by atoms with van der Waals surface area (Å²) in [5, 5.41) is 14.0. The van der Waals surface area contributed by atoms with Crippen LogP contribution in [0.25, 0.3) is 0 Å². The fourth-order valence-corrected chi connectivity index (χ4v) is 3.99. The Balaban J connectivity index is 2.74. The second-order valence-electron chi connectivity index (χ2n) is 5.87. The molecule has 0 saturated heterocycles. The summed E-state index contributed by atoms with van der Waals surface area (Å²) in [6.07, 6.45) is -5.21. The third-order valence-corrected chi connectivity index (χ3v) is 5.15. The van der Waals surface area contributed by atoms with Gasteiger partial charge in [0, 0.05) is 16.5 Å². The number of rotatable bonds is 5. The molecule has 6 nitrogen and oxygen atoms in total. The third-order valence-electron chi connectivity index (χ3n) is 4.19. The topological polar surface area (TPSA) is 84.9 Å². The first-order chi connectivity index (χ1) is 12.6. The molecule has 1 aromatic heterocycles. The van der Waals surface area contributed by atoms with E-state index < -0.39 is 35.7 Å². The van der Waals surface area contributed by atoms with Gasteiger partial charge < -0.3 is 19.9 Å². The zero-order valence-electron chi connectivity index (χ0n) is 14.9. The highest BCUT2D eigenvalue weighted by Gasteiger charge is 2.67. The maximum absolute atomic E-state index is 13.8. The summed E-state index contributed by atoms with van der Waals surface area (Å²) in [5.41, 5.74) is -3.97. The molecule has 10 heteroatoms. The zero-order chi connectivity index (χ0) is 20.4. The van der Waals surface area contributed by atoms with Crippen LogP contribution in [0.15, 0.2) is 28.8 Å². The molecule has 1 aromatic rings. The molecule has 27 heavy (non-hydrogen) atoms. The molecule has 3 unspecified atom stereocenters. The molecule has 0 aromatic carbocycles. The van der Waals surface area contributed by atoms with Gasteiger partial charge in [-0.3, -0.25) is 4.79 Å². The number of nitrogens with one attached hydrogen (secondary N) is 1. The lowest BCUT2D eigenvalue weighted by molar-refractivity contribution is -0.293. The normalized spacial score (nSPS) is 25.7. The zero-order valence-corrected chi connectivity index (χ0v) is 15.7. The van der Waals surface area contributed by atoms with Gasteiger partial charge in [0.2, 0.25) is 5.72 Å². The maximum Gasteiger partial charge on any atom is 0.437 e. The lowest BCUT2D eigenvalue weighted by Gasteiger charge is -2.45. The van der Waals surface area contributed by atoms with Crippen LogP contribution in [0, 0.1) is 5.92 Å². The van der Waals surface area contributed by atoms with Gasteiger partial charge in [-0.25, -0.2) is 4.79 Å². The quantitative estimate of drug-likeness (QED) is 0.731. The number of carbonyl (C=O) groups is 2. The monoisotopic (exact) mass is 407 g/mol. The van der Waals surface area contributed by atoms with Gasteiger partial charge in [-0.15, -0.1) is 11.3 Å². The average Bonchev–Trinajstić information content (AvgIpc) is 3.07. The van der Waals surface area contributed by atoms with E-state index in [1.165, 1.54) is 19.9 Å². The van der Waals surface area contributed by atoms with E-state index in [1.54, 1.807) is 18.4 Å². The summed E-state index contributed by atoms with van der Waals surface area (Å²) in [5.74, 6) is -5.63. The van der Waals surface area contributed by atoms with E-state index in [0.29, 0.717) is 4.88 Å². The highest BCUT2D eigenvalue weighted by Crippen LogP contribution is 2.50. The summed E-state index contributed by atoms with van der Waals surface area (Å²) in [7, 11) is 0. The molecule has 2 heterocycles. The Bertz CT molecular complexity index is 731. The Labute approximate surface area is 158 Å². The summed E-state index contributed by atoms with van der Waals surface area (Å²) < 4.78 is 51.1. The molecule has 150 valence electrons. The SMILES string of the molecule is CCOC(=O)C1=C(C)NC(O)(C(F)(F)F)C(C(=O)OCC)C1c1cccs1. The van der Waals surface area contributed by atoms with Crippen molar-refractivity contribution in [3.63, 3.8) is 0 Å². The number of esters is 2. The summed E-state index contributed by atoms with van der Waals surface area (Å²) in [6, 6.07) is 3.07. The molecule has 0 saturated carbocycles. The van der Waals surface area contributed by atoms with Crippen molar-refractivity contribution in [2.75, 3.05) is 13.2 Å². The third kappa shape index (κ3) is 3.81. The molecule has 3 atom stereocenters. The van der Waals surface area contributed by atoms with Gasteiger partial charge in [-0.1, -0.05) is 6.07 Å². The number of alkyl halides is 3. The van der Waals surface area contributed by atoms with E-state index in [-0.39, 0.29) is 24.5 Å². The van der Waals surface area contributed by atoms with Crippen LogP contribution in [0.4, 0.5) is 13.2 Å². The van der Waals surface area contributed by atoms with Crippen LogP contribution in [0.1, 0.15) is 31.6 Å². The van der Waals surface area contributed by atoms with Crippen LogP contribution in [-0.4, -0.2) is 42.2 Å². The van der Waals surface area contributed by atoms with Crippen LogP contribution in [0.5, 0.6) is 0 Å². The Kier molecular flexibility index (Phi) is 6.21. The van der Waals surface area contributed by atoms with Gasteiger partial charge in [-0.2, -0.15) is 13.2 Å². The number of hydrogen-bond donors (Lipinski definition) is 2.